The molecule has 5 rings (SSSR count). The van der Waals surface area contributed by atoms with Gasteiger partial charge in [-0.05, 0) is 71.8 Å². The molecule has 0 amide bonds. The molecule has 0 saturated carbocycles. The van der Waals surface area contributed by atoms with Gasteiger partial charge in [-0.2, -0.15) is 0 Å². The minimum absolute atomic E-state index is 0. The Morgan fingerprint density at radius 3 is 1.24 bits per heavy atom. The van der Waals surface area contributed by atoms with Crippen molar-refractivity contribution in [2.75, 3.05) is 39.6 Å². The molecule has 0 aliphatic heterocycles. The molecule has 4 aromatic heterocycles. The zero-order valence-electron chi connectivity index (χ0n) is 30.9. The molecule has 1 N–H and O–H groups in total. The zero-order chi connectivity index (χ0) is 36.6. The summed E-state index contributed by atoms with van der Waals surface area (Å²) in [5.74, 6) is 0.794. The van der Waals surface area contributed by atoms with E-state index >= 15 is 0 Å². The molecule has 0 spiro atoms. The molecule has 0 unspecified atom stereocenters. The van der Waals surface area contributed by atoms with Gasteiger partial charge in [0.05, 0.1) is 47.7 Å². The van der Waals surface area contributed by atoms with Crippen LogP contribution in [0.25, 0.3) is 5.73 Å². The number of benzene rings is 1. The predicted molar refractivity (Wildman–Crippen MR) is 203 cm³/mol. The van der Waals surface area contributed by atoms with Crippen molar-refractivity contribution in [1.82, 2.24) is 29.7 Å². The molecule has 1 aromatic carbocycles. The second-order valence-electron chi connectivity index (χ2n) is 11.6. The van der Waals surface area contributed by atoms with Crippen molar-refractivity contribution in [3.05, 3.63) is 171 Å². The number of nitrogens with one attached hydrogen (secondary N) is 1. The van der Waals surface area contributed by atoms with E-state index in [1.807, 2.05) is 73.3 Å². The van der Waals surface area contributed by atoms with Gasteiger partial charge in [0.2, 0.25) is 0 Å². The summed E-state index contributed by atoms with van der Waals surface area (Å²) < 4.78 is 17.3. The third-order valence-corrected chi connectivity index (χ3v) is 7.40. The van der Waals surface area contributed by atoms with Crippen molar-refractivity contribution in [2.45, 2.75) is 39.3 Å². The maximum absolute atomic E-state index is 8.25. The molecule has 5 aromatic rings. The fraction of sp³-hybridized carbons (Fsp3) is 0.316. The van der Waals surface area contributed by atoms with Crippen LogP contribution in [0.3, 0.4) is 0 Å². The van der Waals surface area contributed by atoms with Crippen LogP contribution < -0.4 is 4.74 Å². The number of hydrogen-bond donors (Lipinski definition) is 0. The SMILES string of the molecule is O=[N+]([O-])[O-].[Cd+2].[NH-]CCOCCOCCOc1cc(CN(Cc2ccccn2)Cc2ccccn2)cc(CN(Cc2ccccn2)Cc2ccccn2)c1.[S-2].[Zn+2]. The standard InChI is InChI=1S/C38H44N7O3.Cd.NO3.S.Zn/c39-13-18-46-19-20-47-21-22-48-38-24-32(26-44(28-34-9-1-5-14-40-34)29-35-10-2-6-15-41-35)23-33(25-38)27-45(30-36-11-3-7-16-42-36)31-37-12-4-8-17-43-37;;2-1(3)4;;/h1-12,14-17,23-25,39H,13,18-22,26-31H2;;;;/q-1;+2;-1;-2;+2. The van der Waals surface area contributed by atoms with Gasteiger partial charge in [-0.1, -0.05) is 30.3 Å². The van der Waals surface area contributed by atoms with Crippen LogP contribution >= 0.6 is 0 Å². The maximum Gasteiger partial charge on any atom is 2.00 e. The summed E-state index contributed by atoms with van der Waals surface area (Å²) in [5, 5.41) is 14.8. The molecular formula is C38H44CdN8O6SZn. The third-order valence-electron chi connectivity index (χ3n) is 7.40. The van der Waals surface area contributed by atoms with E-state index in [1.54, 1.807) is 0 Å². The molecule has 0 atom stereocenters. The number of nitrogens with zero attached hydrogens (tertiary/aromatic N) is 7. The topological polar surface area (TPSA) is 176 Å². The first-order valence-corrected chi connectivity index (χ1v) is 16.9. The van der Waals surface area contributed by atoms with Crippen molar-refractivity contribution in [3.8, 4) is 5.75 Å². The summed E-state index contributed by atoms with van der Waals surface area (Å²) in [4.78, 5) is 31.4. The van der Waals surface area contributed by atoms with Gasteiger partial charge in [0, 0.05) is 70.7 Å². The van der Waals surface area contributed by atoms with Crippen LogP contribution in [0.15, 0.2) is 116 Å². The van der Waals surface area contributed by atoms with Crippen molar-refractivity contribution in [2.24, 2.45) is 0 Å². The van der Waals surface area contributed by atoms with Gasteiger partial charge < -0.3 is 48.8 Å². The van der Waals surface area contributed by atoms with Gasteiger partial charge in [-0.25, -0.2) is 0 Å². The van der Waals surface area contributed by atoms with E-state index < -0.39 is 5.09 Å². The van der Waals surface area contributed by atoms with Crippen LogP contribution in [0.1, 0.15) is 33.9 Å². The van der Waals surface area contributed by atoms with E-state index in [-0.39, 0.29) is 66.8 Å². The molecule has 14 nitrogen and oxygen atoms in total. The van der Waals surface area contributed by atoms with E-state index in [2.05, 4.69) is 72.2 Å². The first-order chi connectivity index (χ1) is 25.5. The number of aromatic nitrogens is 4. The van der Waals surface area contributed by atoms with Crippen molar-refractivity contribution in [3.63, 3.8) is 0 Å². The Bertz CT molecular complexity index is 1520. The quantitative estimate of drug-likeness (QED) is 0.0370. The Labute approximate surface area is 362 Å². The Balaban J connectivity index is 0.00000206. The molecule has 4 heterocycles. The van der Waals surface area contributed by atoms with Crippen LogP contribution in [-0.4, -0.2) is 74.4 Å². The van der Waals surface area contributed by atoms with Gasteiger partial charge in [0.15, 0.2) is 0 Å². The van der Waals surface area contributed by atoms with Gasteiger partial charge in [0.1, 0.15) is 12.4 Å². The second-order valence-corrected chi connectivity index (χ2v) is 11.6. The van der Waals surface area contributed by atoms with E-state index in [0.29, 0.717) is 72.3 Å². The van der Waals surface area contributed by atoms with Gasteiger partial charge in [-0.15, -0.1) is 6.54 Å². The predicted octanol–water partition coefficient (Wildman–Crippen LogP) is 5.89. The Morgan fingerprint density at radius 2 is 0.909 bits per heavy atom. The Kier molecular flexibility index (Phi) is 26.8. The van der Waals surface area contributed by atoms with Crippen molar-refractivity contribution in [1.29, 1.82) is 0 Å². The number of ether oxygens (including phenoxy) is 3. The molecular weight excluding hydrogens is 874 g/mol. The first kappa shape index (κ1) is 49.5. The van der Waals surface area contributed by atoms with E-state index in [1.165, 1.54) is 0 Å². The van der Waals surface area contributed by atoms with E-state index in [9.17, 15) is 0 Å². The fourth-order valence-electron chi connectivity index (χ4n) is 5.34. The fourth-order valence-corrected chi connectivity index (χ4v) is 5.34. The Morgan fingerprint density at radius 1 is 0.564 bits per heavy atom. The van der Waals surface area contributed by atoms with Crippen LogP contribution in [-0.2, 0) is 109 Å². The van der Waals surface area contributed by atoms with Crippen LogP contribution in [0.2, 0.25) is 0 Å². The molecule has 0 saturated heterocycles. The van der Waals surface area contributed by atoms with Gasteiger partial charge in [-0.3, -0.25) is 29.7 Å². The average Bonchev–Trinajstić information content (AvgIpc) is 3.14. The van der Waals surface area contributed by atoms with E-state index in [0.717, 1.165) is 39.7 Å². The Hall–Kier alpha value is -3.48. The molecule has 0 aliphatic rings. The van der Waals surface area contributed by atoms with Crippen molar-refractivity contribution >= 4 is 13.5 Å². The summed E-state index contributed by atoms with van der Waals surface area (Å²) in [6, 6.07) is 30.6. The van der Waals surface area contributed by atoms with Gasteiger partial charge in [0.25, 0.3) is 0 Å². The van der Waals surface area contributed by atoms with Crippen LogP contribution in [0, 0.1) is 15.3 Å². The number of pyridine rings is 4. The second kappa shape index (κ2) is 29.8. The number of hydrogen-bond acceptors (Lipinski definition) is 12. The maximum atomic E-state index is 8.25. The largest absolute Gasteiger partial charge is 2.00 e. The molecule has 0 bridgehead atoms. The third kappa shape index (κ3) is 21.4. The summed E-state index contributed by atoms with van der Waals surface area (Å²) in [6.07, 6.45) is 7.34. The monoisotopic (exact) mass is 918 g/mol. The molecule has 17 heteroatoms. The minimum Gasteiger partial charge on any atom is -2.00 e. The summed E-state index contributed by atoms with van der Waals surface area (Å²) in [7, 11) is 0. The summed E-state index contributed by atoms with van der Waals surface area (Å²) in [5.41, 5.74) is 13.5. The first-order valence-electron chi connectivity index (χ1n) is 16.9. The normalized spacial score (nSPS) is 10.3. The zero-order valence-corrected chi connectivity index (χ0v) is 38.7. The molecule has 0 radical (unpaired) electrons. The number of rotatable bonds is 21. The molecule has 0 aliphatic carbocycles. The van der Waals surface area contributed by atoms with Crippen molar-refractivity contribution < 1.29 is 66.1 Å². The minimum atomic E-state index is -1.75. The summed E-state index contributed by atoms with van der Waals surface area (Å²) in [6.45, 7) is 6.57. The van der Waals surface area contributed by atoms with Gasteiger partial charge >= 0.3 is 46.8 Å². The molecule has 0 fully saturated rings. The summed E-state index contributed by atoms with van der Waals surface area (Å²) >= 11 is 0. The van der Waals surface area contributed by atoms with E-state index in [4.69, 9.17) is 35.3 Å². The van der Waals surface area contributed by atoms with Crippen LogP contribution in [0.5, 0.6) is 5.75 Å². The molecule has 55 heavy (non-hydrogen) atoms. The average molecular weight is 919 g/mol. The van der Waals surface area contributed by atoms with Crippen LogP contribution in [0.4, 0.5) is 0 Å². The smallest absolute Gasteiger partial charge is 2.00 e. The molecule has 282 valence electrons.